The Morgan fingerprint density at radius 3 is 2.49 bits per heavy atom. The Morgan fingerprint density at radius 1 is 1.09 bits per heavy atom. The summed E-state index contributed by atoms with van der Waals surface area (Å²) in [5, 5.41) is 0. The number of sulfone groups is 1. The van der Waals surface area contributed by atoms with Gasteiger partial charge in [0.05, 0.1) is 29.8 Å². The van der Waals surface area contributed by atoms with E-state index in [2.05, 4.69) is 4.90 Å². The molecule has 4 rings (SSSR count). The molecular weight excluding hydrogens is 478 g/mol. The first-order chi connectivity index (χ1) is 16.3. The van der Waals surface area contributed by atoms with Gasteiger partial charge >= 0.3 is 6.09 Å². The second kappa shape index (κ2) is 9.48. The standard InChI is InChI=1S/C25H30F2N2O5S/c1-25(2,3)34-24(30)29(23-10-18(26)6-8-22(23)27)20-11-19(14-33-15-20)28-12-16-5-7-21(35(4,31)32)9-17(16)13-28/h5-10,19-20H,11-15H2,1-4H3/t19-,20+/m1/s1. The second-order valence-corrected chi connectivity index (χ2v) is 12.2. The van der Waals surface area contributed by atoms with Crippen LogP contribution in [0.5, 0.6) is 0 Å². The van der Waals surface area contributed by atoms with E-state index in [1.807, 2.05) is 6.07 Å². The van der Waals surface area contributed by atoms with Crippen molar-refractivity contribution in [2.24, 2.45) is 0 Å². The van der Waals surface area contributed by atoms with Crippen LogP contribution in [0.4, 0.5) is 19.3 Å². The Balaban J connectivity index is 1.58. The van der Waals surface area contributed by atoms with Crippen molar-refractivity contribution >= 4 is 21.6 Å². The molecule has 190 valence electrons. The van der Waals surface area contributed by atoms with Crippen molar-refractivity contribution in [2.75, 3.05) is 24.4 Å². The maximum Gasteiger partial charge on any atom is 0.415 e. The first-order valence-corrected chi connectivity index (χ1v) is 13.3. The number of carbonyl (C=O) groups excluding carboxylic acids is 1. The van der Waals surface area contributed by atoms with Gasteiger partial charge in [0, 0.05) is 31.5 Å². The topological polar surface area (TPSA) is 76.2 Å². The largest absolute Gasteiger partial charge is 0.443 e. The average Bonchev–Trinajstić information content (AvgIpc) is 3.18. The van der Waals surface area contributed by atoms with Crippen LogP contribution in [0.2, 0.25) is 0 Å². The van der Waals surface area contributed by atoms with E-state index < -0.39 is 39.2 Å². The fraction of sp³-hybridized carbons (Fsp3) is 0.480. The number of ether oxygens (including phenoxy) is 2. The van der Waals surface area contributed by atoms with Crippen LogP contribution >= 0.6 is 0 Å². The van der Waals surface area contributed by atoms with Crippen molar-refractivity contribution in [1.82, 2.24) is 4.90 Å². The van der Waals surface area contributed by atoms with Crippen LogP contribution in [0.3, 0.4) is 0 Å². The molecule has 2 aromatic carbocycles. The SMILES string of the molecule is CC(C)(C)OC(=O)N(c1cc(F)ccc1F)[C@@H]1COC[C@H](N2Cc3ccc(S(C)(=O)=O)cc3C2)C1. The molecule has 0 saturated carbocycles. The third kappa shape index (κ3) is 5.82. The van der Waals surface area contributed by atoms with Crippen LogP contribution in [-0.4, -0.2) is 56.6 Å². The van der Waals surface area contributed by atoms with Gasteiger partial charge in [-0.2, -0.15) is 0 Å². The summed E-state index contributed by atoms with van der Waals surface area (Å²) in [5.74, 6) is -1.40. The smallest absolute Gasteiger partial charge is 0.415 e. The first-order valence-electron chi connectivity index (χ1n) is 11.4. The molecule has 0 unspecified atom stereocenters. The number of nitrogens with zero attached hydrogens (tertiary/aromatic N) is 2. The summed E-state index contributed by atoms with van der Waals surface area (Å²) in [7, 11) is -3.32. The molecule has 0 aliphatic carbocycles. The molecular formula is C25H30F2N2O5S. The van der Waals surface area contributed by atoms with Crippen molar-refractivity contribution in [2.45, 2.75) is 62.9 Å². The zero-order valence-corrected chi connectivity index (χ0v) is 21.1. The molecule has 2 aliphatic heterocycles. The zero-order valence-electron chi connectivity index (χ0n) is 20.3. The van der Waals surface area contributed by atoms with Gasteiger partial charge in [0.15, 0.2) is 9.84 Å². The Kier molecular flexibility index (Phi) is 6.91. The molecule has 2 atom stereocenters. The first kappa shape index (κ1) is 25.5. The highest BCUT2D eigenvalue weighted by molar-refractivity contribution is 7.90. The number of benzene rings is 2. The van der Waals surface area contributed by atoms with E-state index in [9.17, 15) is 22.0 Å². The molecule has 0 radical (unpaired) electrons. The van der Waals surface area contributed by atoms with Crippen LogP contribution in [-0.2, 0) is 32.4 Å². The van der Waals surface area contributed by atoms with Gasteiger partial charge in [-0.05, 0) is 62.6 Å². The van der Waals surface area contributed by atoms with Crippen molar-refractivity contribution in [3.05, 3.63) is 59.2 Å². The van der Waals surface area contributed by atoms with Crippen molar-refractivity contribution in [1.29, 1.82) is 0 Å². The number of hydrogen-bond donors (Lipinski definition) is 0. The van der Waals surface area contributed by atoms with E-state index >= 15 is 0 Å². The number of fused-ring (bicyclic) bond motifs is 1. The van der Waals surface area contributed by atoms with Gasteiger partial charge in [0.25, 0.3) is 0 Å². The van der Waals surface area contributed by atoms with Gasteiger partial charge < -0.3 is 9.47 Å². The predicted octanol–water partition coefficient (Wildman–Crippen LogP) is 4.28. The maximum absolute atomic E-state index is 14.8. The fourth-order valence-electron chi connectivity index (χ4n) is 4.54. The normalized spacial score (nSPS) is 21.0. The highest BCUT2D eigenvalue weighted by atomic mass is 32.2. The summed E-state index contributed by atoms with van der Waals surface area (Å²) < 4.78 is 64.1. The highest BCUT2D eigenvalue weighted by Gasteiger charge is 2.38. The molecule has 2 aliphatic rings. The molecule has 0 bridgehead atoms. The highest BCUT2D eigenvalue weighted by Crippen LogP contribution is 2.33. The van der Waals surface area contributed by atoms with E-state index in [-0.39, 0.29) is 23.2 Å². The molecule has 35 heavy (non-hydrogen) atoms. The predicted molar refractivity (Wildman–Crippen MR) is 127 cm³/mol. The van der Waals surface area contributed by atoms with Gasteiger partial charge in [-0.25, -0.2) is 22.0 Å². The Bertz CT molecular complexity index is 1230. The molecule has 0 N–H and O–H groups in total. The van der Waals surface area contributed by atoms with Gasteiger partial charge in [-0.1, -0.05) is 6.07 Å². The lowest BCUT2D eigenvalue weighted by molar-refractivity contribution is -0.000441. The molecule has 0 spiro atoms. The zero-order chi connectivity index (χ0) is 25.5. The molecule has 1 amide bonds. The van der Waals surface area contributed by atoms with Gasteiger partial charge in [0.1, 0.15) is 17.2 Å². The van der Waals surface area contributed by atoms with Crippen LogP contribution < -0.4 is 4.90 Å². The number of halogens is 2. The van der Waals surface area contributed by atoms with Crippen molar-refractivity contribution in [3.8, 4) is 0 Å². The van der Waals surface area contributed by atoms with Crippen LogP contribution in [0.1, 0.15) is 38.3 Å². The minimum absolute atomic E-state index is 0.121. The molecule has 7 nitrogen and oxygen atoms in total. The molecule has 2 heterocycles. The molecule has 2 aromatic rings. The van der Waals surface area contributed by atoms with Crippen LogP contribution in [0.15, 0.2) is 41.3 Å². The quantitative estimate of drug-likeness (QED) is 0.614. The number of anilines is 1. The molecule has 1 saturated heterocycles. The van der Waals surface area contributed by atoms with E-state index in [1.165, 1.54) is 6.26 Å². The minimum Gasteiger partial charge on any atom is -0.443 e. The summed E-state index contributed by atoms with van der Waals surface area (Å²) in [5.41, 5.74) is 0.924. The maximum atomic E-state index is 14.8. The molecule has 0 aromatic heterocycles. The number of hydrogen-bond acceptors (Lipinski definition) is 6. The third-order valence-corrected chi connectivity index (χ3v) is 7.27. The summed E-state index contributed by atoms with van der Waals surface area (Å²) in [6, 6.07) is 7.39. The van der Waals surface area contributed by atoms with Crippen molar-refractivity contribution in [3.63, 3.8) is 0 Å². The summed E-state index contributed by atoms with van der Waals surface area (Å²) in [6.07, 6.45) is 0.846. The number of carbonyl (C=O) groups is 1. The van der Waals surface area contributed by atoms with E-state index in [0.717, 1.165) is 34.2 Å². The van der Waals surface area contributed by atoms with Gasteiger partial charge in [0.2, 0.25) is 0 Å². The average molecular weight is 509 g/mol. The van der Waals surface area contributed by atoms with Crippen molar-refractivity contribution < 1.29 is 31.5 Å². The number of amides is 1. The number of rotatable bonds is 4. The van der Waals surface area contributed by atoms with E-state index in [0.29, 0.717) is 26.1 Å². The molecule has 10 heteroatoms. The third-order valence-electron chi connectivity index (χ3n) is 6.16. The van der Waals surface area contributed by atoms with Gasteiger partial charge in [-0.3, -0.25) is 9.80 Å². The van der Waals surface area contributed by atoms with Crippen LogP contribution in [0.25, 0.3) is 0 Å². The summed E-state index contributed by atoms with van der Waals surface area (Å²) >= 11 is 0. The lowest BCUT2D eigenvalue weighted by Crippen LogP contribution is -2.53. The lowest BCUT2D eigenvalue weighted by atomic mass is 10.0. The minimum atomic E-state index is -3.32. The Morgan fingerprint density at radius 2 is 1.80 bits per heavy atom. The van der Waals surface area contributed by atoms with E-state index in [4.69, 9.17) is 9.47 Å². The second-order valence-electron chi connectivity index (χ2n) is 10.1. The monoisotopic (exact) mass is 508 g/mol. The molecule has 1 fully saturated rings. The van der Waals surface area contributed by atoms with Gasteiger partial charge in [-0.15, -0.1) is 0 Å². The Labute approximate surface area is 204 Å². The van der Waals surface area contributed by atoms with E-state index in [1.54, 1.807) is 32.9 Å². The lowest BCUT2D eigenvalue weighted by Gasteiger charge is -2.40. The summed E-state index contributed by atoms with van der Waals surface area (Å²) in [6.45, 7) is 6.79. The summed E-state index contributed by atoms with van der Waals surface area (Å²) in [4.78, 5) is 16.7. The Hall–Kier alpha value is -2.56. The fourth-order valence-corrected chi connectivity index (χ4v) is 5.21. The van der Waals surface area contributed by atoms with Crippen LogP contribution in [0, 0.1) is 11.6 Å².